The second kappa shape index (κ2) is 6.89. The van der Waals surface area contributed by atoms with Crippen LogP contribution in [0.5, 0.6) is 0 Å². The Balaban J connectivity index is 2.51. The minimum Gasteiger partial charge on any atom is -0.501 e. The number of allylic oxidation sites excluding steroid dienone is 1. The summed E-state index contributed by atoms with van der Waals surface area (Å²) >= 11 is 0. The van der Waals surface area contributed by atoms with Crippen molar-refractivity contribution in [1.29, 1.82) is 0 Å². The van der Waals surface area contributed by atoms with Crippen molar-refractivity contribution in [2.45, 2.75) is 32.9 Å². The standard InChI is InChI=1S/C17H16F3NO5/c1-3-26-9-12(15(23)16(2)6-7-16)14(22)11-5-4-10(17(18,19)20)8-13(11)21(24)25/h4-5,8-9H,3,6-7H2,1-2H3. The molecule has 0 N–H and O–H groups in total. The Labute approximate surface area is 146 Å². The first-order chi connectivity index (χ1) is 12.0. The minimum absolute atomic E-state index is 0.149. The van der Waals surface area contributed by atoms with E-state index in [1.807, 2.05) is 0 Å². The predicted octanol–water partition coefficient (Wildman–Crippen LogP) is 4.09. The van der Waals surface area contributed by atoms with Crippen molar-refractivity contribution in [3.8, 4) is 0 Å². The normalized spacial score (nSPS) is 16.1. The van der Waals surface area contributed by atoms with Gasteiger partial charge in [-0.05, 0) is 31.9 Å². The average molecular weight is 371 g/mol. The zero-order chi connectivity index (χ0) is 19.7. The number of benzene rings is 1. The van der Waals surface area contributed by atoms with Gasteiger partial charge in [-0.2, -0.15) is 13.2 Å². The van der Waals surface area contributed by atoms with E-state index in [-0.39, 0.29) is 12.7 Å². The number of alkyl halides is 3. The van der Waals surface area contributed by atoms with Gasteiger partial charge in [-0.3, -0.25) is 19.7 Å². The van der Waals surface area contributed by atoms with Gasteiger partial charge in [0.1, 0.15) is 11.1 Å². The highest BCUT2D eigenvalue weighted by Crippen LogP contribution is 2.48. The Bertz CT molecular complexity index is 794. The number of carbonyl (C=O) groups is 2. The Kier molecular flexibility index (Phi) is 5.20. The lowest BCUT2D eigenvalue weighted by atomic mass is 9.91. The number of rotatable bonds is 7. The lowest BCUT2D eigenvalue weighted by Gasteiger charge is -2.12. The van der Waals surface area contributed by atoms with Gasteiger partial charge in [-0.1, -0.05) is 6.92 Å². The Morgan fingerprint density at radius 1 is 1.35 bits per heavy atom. The topological polar surface area (TPSA) is 86.5 Å². The van der Waals surface area contributed by atoms with Crippen LogP contribution in [0.4, 0.5) is 18.9 Å². The predicted molar refractivity (Wildman–Crippen MR) is 84.5 cm³/mol. The first-order valence-corrected chi connectivity index (χ1v) is 7.78. The first kappa shape index (κ1) is 19.6. The number of hydrogen-bond acceptors (Lipinski definition) is 5. The summed E-state index contributed by atoms with van der Waals surface area (Å²) in [5.41, 5.74) is -4.02. The number of hydrogen-bond donors (Lipinski definition) is 0. The molecule has 1 saturated carbocycles. The van der Waals surface area contributed by atoms with Gasteiger partial charge in [0.15, 0.2) is 5.78 Å². The summed E-state index contributed by atoms with van der Waals surface area (Å²) in [6.45, 7) is 3.40. The molecular weight excluding hydrogens is 355 g/mol. The molecule has 1 aromatic carbocycles. The quantitative estimate of drug-likeness (QED) is 0.137. The van der Waals surface area contributed by atoms with E-state index < -0.39 is 50.5 Å². The third-order valence-electron chi connectivity index (χ3n) is 4.17. The number of nitro groups is 1. The second-order valence-electron chi connectivity index (χ2n) is 6.19. The molecule has 0 unspecified atom stereocenters. The summed E-state index contributed by atoms with van der Waals surface area (Å²) in [6, 6.07) is 1.57. The molecule has 0 radical (unpaired) electrons. The minimum atomic E-state index is -4.80. The Hall–Kier alpha value is -2.71. The number of ether oxygens (including phenoxy) is 1. The van der Waals surface area contributed by atoms with E-state index in [0.29, 0.717) is 25.0 Å². The molecule has 0 atom stereocenters. The molecular formula is C17H16F3NO5. The monoisotopic (exact) mass is 371 g/mol. The summed E-state index contributed by atoms with van der Waals surface area (Å²) in [5, 5.41) is 11.2. The van der Waals surface area contributed by atoms with Crippen molar-refractivity contribution in [2.75, 3.05) is 6.61 Å². The summed E-state index contributed by atoms with van der Waals surface area (Å²) < 4.78 is 43.4. The summed E-state index contributed by atoms with van der Waals surface area (Å²) in [4.78, 5) is 35.3. The molecule has 2 rings (SSSR count). The van der Waals surface area contributed by atoms with Gasteiger partial charge >= 0.3 is 6.18 Å². The van der Waals surface area contributed by atoms with Gasteiger partial charge in [-0.25, -0.2) is 0 Å². The lowest BCUT2D eigenvalue weighted by Crippen LogP contribution is -2.22. The van der Waals surface area contributed by atoms with E-state index in [0.717, 1.165) is 6.26 Å². The molecule has 0 saturated heterocycles. The van der Waals surface area contributed by atoms with E-state index in [1.165, 1.54) is 0 Å². The van der Waals surface area contributed by atoms with E-state index in [1.54, 1.807) is 13.8 Å². The van der Waals surface area contributed by atoms with Crippen LogP contribution in [0.15, 0.2) is 30.0 Å². The Morgan fingerprint density at radius 3 is 2.42 bits per heavy atom. The summed E-state index contributed by atoms with van der Waals surface area (Å²) in [7, 11) is 0. The van der Waals surface area contributed by atoms with Crippen LogP contribution in [0.3, 0.4) is 0 Å². The number of carbonyl (C=O) groups excluding carboxylic acids is 2. The van der Waals surface area contributed by atoms with Crippen molar-refractivity contribution < 1.29 is 32.4 Å². The van der Waals surface area contributed by atoms with E-state index in [9.17, 15) is 32.9 Å². The van der Waals surface area contributed by atoms with Crippen LogP contribution < -0.4 is 0 Å². The lowest BCUT2D eigenvalue weighted by molar-refractivity contribution is -0.385. The van der Waals surface area contributed by atoms with Crippen LogP contribution in [-0.2, 0) is 15.7 Å². The highest BCUT2D eigenvalue weighted by molar-refractivity contribution is 6.28. The number of ketones is 2. The SMILES string of the molecule is CCOC=C(C(=O)c1ccc(C(F)(F)F)cc1[N+](=O)[O-])C(=O)C1(C)CC1. The van der Waals surface area contributed by atoms with Gasteiger partial charge in [0.05, 0.1) is 23.4 Å². The van der Waals surface area contributed by atoms with Gasteiger partial charge in [-0.15, -0.1) is 0 Å². The number of nitro benzene ring substituents is 1. The van der Waals surface area contributed by atoms with Crippen molar-refractivity contribution in [1.82, 2.24) is 0 Å². The molecule has 1 aliphatic carbocycles. The third-order valence-corrected chi connectivity index (χ3v) is 4.17. The molecule has 1 fully saturated rings. The van der Waals surface area contributed by atoms with Crippen molar-refractivity contribution in [3.05, 3.63) is 51.3 Å². The Morgan fingerprint density at radius 2 is 1.96 bits per heavy atom. The molecule has 1 aromatic rings. The van der Waals surface area contributed by atoms with Crippen molar-refractivity contribution in [3.63, 3.8) is 0 Å². The molecule has 0 heterocycles. The fourth-order valence-electron chi connectivity index (χ4n) is 2.31. The molecule has 0 spiro atoms. The zero-order valence-electron chi connectivity index (χ0n) is 14.1. The van der Waals surface area contributed by atoms with Gasteiger partial charge in [0.2, 0.25) is 5.78 Å². The maximum absolute atomic E-state index is 12.8. The number of nitrogens with zero attached hydrogens (tertiary/aromatic N) is 1. The van der Waals surface area contributed by atoms with Gasteiger partial charge < -0.3 is 4.74 Å². The molecule has 140 valence electrons. The van der Waals surface area contributed by atoms with Crippen LogP contribution in [0, 0.1) is 15.5 Å². The summed E-state index contributed by atoms with van der Waals surface area (Å²) in [5.74, 6) is -1.57. The highest BCUT2D eigenvalue weighted by atomic mass is 19.4. The fourth-order valence-corrected chi connectivity index (χ4v) is 2.31. The largest absolute Gasteiger partial charge is 0.501 e. The van der Waals surface area contributed by atoms with Crippen LogP contribution >= 0.6 is 0 Å². The van der Waals surface area contributed by atoms with Gasteiger partial charge in [0.25, 0.3) is 5.69 Å². The molecule has 0 amide bonds. The first-order valence-electron chi connectivity index (χ1n) is 7.78. The third kappa shape index (κ3) is 3.92. The molecule has 6 nitrogen and oxygen atoms in total. The van der Waals surface area contributed by atoms with Crippen molar-refractivity contribution >= 4 is 17.3 Å². The molecule has 26 heavy (non-hydrogen) atoms. The molecule has 9 heteroatoms. The molecule has 0 aromatic heterocycles. The van der Waals surface area contributed by atoms with E-state index in [4.69, 9.17) is 4.74 Å². The zero-order valence-corrected chi connectivity index (χ0v) is 14.1. The van der Waals surface area contributed by atoms with Crippen LogP contribution in [-0.4, -0.2) is 23.1 Å². The van der Waals surface area contributed by atoms with Crippen molar-refractivity contribution in [2.24, 2.45) is 5.41 Å². The maximum atomic E-state index is 12.8. The fraction of sp³-hybridized carbons (Fsp3) is 0.412. The summed E-state index contributed by atoms with van der Waals surface area (Å²) in [6.07, 6.45) is -2.77. The molecule has 0 bridgehead atoms. The highest BCUT2D eigenvalue weighted by Gasteiger charge is 2.48. The number of halogens is 3. The van der Waals surface area contributed by atoms with Crippen LogP contribution in [0.1, 0.15) is 42.6 Å². The smallest absolute Gasteiger partial charge is 0.416 e. The molecule has 0 aliphatic heterocycles. The molecule has 1 aliphatic rings. The number of Topliss-reactive ketones (excluding diaryl/α,β-unsaturated/α-hetero) is 2. The van der Waals surface area contributed by atoms with Crippen LogP contribution in [0.2, 0.25) is 0 Å². The average Bonchev–Trinajstić information content (AvgIpc) is 3.32. The van der Waals surface area contributed by atoms with E-state index in [2.05, 4.69) is 0 Å². The van der Waals surface area contributed by atoms with E-state index >= 15 is 0 Å². The maximum Gasteiger partial charge on any atom is 0.416 e. The van der Waals surface area contributed by atoms with Crippen LogP contribution in [0.25, 0.3) is 0 Å². The van der Waals surface area contributed by atoms with Gasteiger partial charge in [0, 0.05) is 11.5 Å². The second-order valence-corrected chi connectivity index (χ2v) is 6.19.